The molecular weight excluding hydrogens is 160 g/mol. The molecule has 0 saturated carbocycles. The molecule has 3 N–H and O–H groups in total. The van der Waals surface area contributed by atoms with Crippen LogP contribution in [0.3, 0.4) is 0 Å². The highest BCUT2D eigenvalue weighted by atomic mass is 16.4. The molecule has 0 aliphatic heterocycles. The molecule has 0 aliphatic carbocycles. The van der Waals surface area contributed by atoms with E-state index in [9.17, 15) is 9.59 Å². The van der Waals surface area contributed by atoms with Crippen LogP contribution in [0.2, 0.25) is 0 Å². The van der Waals surface area contributed by atoms with Gasteiger partial charge in [0.25, 0.3) is 0 Å². The zero-order chi connectivity index (χ0) is 9.40. The number of carbonyl (C=O) groups is 2. The van der Waals surface area contributed by atoms with Crippen LogP contribution in [0.15, 0.2) is 0 Å². The Hall–Kier alpha value is -1.26. The Bertz CT molecular complexity index is 159. The van der Waals surface area contributed by atoms with Gasteiger partial charge in [0, 0.05) is 19.5 Å². The van der Waals surface area contributed by atoms with Crippen LogP contribution < -0.4 is 10.6 Å². The van der Waals surface area contributed by atoms with Crippen LogP contribution in [0.25, 0.3) is 0 Å². The standard InChI is InChI=1S/C7H14N2O3/c1-2-6(10)8-4-3-5-9-7(11)12/h9H,2-5H2,1H3,(H,8,10)(H,11,12). The first-order valence-electron chi connectivity index (χ1n) is 3.90. The average molecular weight is 174 g/mol. The molecule has 12 heavy (non-hydrogen) atoms. The normalized spacial score (nSPS) is 9.08. The van der Waals surface area contributed by atoms with Gasteiger partial charge in [0.1, 0.15) is 0 Å². The summed E-state index contributed by atoms with van der Waals surface area (Å²) in [5, 5.41) is 13.0. The van der Waals surface area contributed by atoms with E-state index in [1.54, 1.807) is 6.92 Å². The minimum absolute atomic E-state index is 0.00896. The van der Waals surface area contributed by atoms with Gasteiger partial charge >= 0.3 is 6.09 Å². The van der Waals surface area contributed by atoms with Gasteiger partial charge in [-0.25, -0.2) is 4.79 Å². The third-order valence-electron chi connectivity index (χ3n) is 1.27. The Labute approximate surface area is 71.1 Å². The Balaban J connectivity index is 3.11. The van der Waals surface area contributed by atoms with Gasteiger partial charge in [-0.3, -0.25) is 4.79 Å². The number of hydrogen-bond donors (Lipinski definition) is 3. The second kappa shape index (κ2) is 6.45. The Morgan fingerprint density at radius 3 is 2.33 bits per heavy atom. The molecule has 0 saturated heterocycles. The minimum Gasteiger partial charge on any atom is -0.465 e. The van der Waals surface area contributed by atoms with Crippen LogP contribution in [-0.2, 0) is 4.79 Å². The molecule has 0 aromatic heterocycles. The fourth-order valence-electron chi connectivity index (χ4n) is 0.637. The van der Waals surface area contributed by atoms with Crippen molar-refractivity contribution in [3.63, 3.8) is 0 Å². The van der Waals surface area contributed by atoms with Crippen LogP contribution in [0.1, 0.15) is 19.8 Å². The van der Waals surface area contributed by atoms with Gasteiger partial charge in [-0.2, -0.15) is 0 Å². The molecule has 0 aromatic rings. The quantitative estimate of drug-likeness (QED) is 0.520. The lowest BCUT2D eigenvalue weighted by molar-refractivity contribution is -0.120. The predicted octanol–water partition coefficient (Wildman–Crippen LogP) is 0.170. The van der Waals surface area contributed by atoms with Crippen molar-refractivity contribution >= 4 is 12.0 Å². The van der Waals surface area contributed by atoms with Gasteiger partial charge in [-0.05, 0) is 6.42 Å². The van der Waals surface area contributed by atoms with E-state index in [2.05, 4.69) is 10.6 Å². The summed E-state index contributed by atoms with van der Waals surface area (Å²) >= 11 is 0. The fraction of sp³-hybridized carbons (Fsp3) is 0.714. The Morgan fingerprint density at radius 2 is 1.83 bits per heavy atom. The van der Waals surface area contributed by atoms with Crippen LogP contribution in [0, 0.1) is 0 Å². The molecule has 0 unspecified atom stereocenters. The zero-order valence-corrected chi connectivity index (χ0v) is 7.09. The van der Waals surface area contributed by atoms with Crippen LogP contribution in [-0.4, -0.2) is 30.2 Å². The number of hydrogen-bond acceptors (Lipinski definition) is 2. The highest BCUT2D eigenvalue weighted by Gasteiger charge is 1.95. The summed E-state index contributed by atoms with van der Waals surface area (Å²) in [6.07, 6.45) is 0.0570. The maximum Gasteiger partial charge on any atom is 0.404 e. The average Bonchev–Trinajstić information content (AvgIpc) is 2.03. The Morgan fingerprint density at radius 1 is 1.25 bits per heavy atom. The Kier molecular flexibility index (Phi) is 5.77. The number of amides is 2. The van der Waals surface area contributed by atoms with Crippen molar-refractivity contribution in [2.24, 2.45) is 0 Å². The van der Waals surface area contributed by atoms with E-state index in [-0.39, 0.29) is 5.91 Å². The topological polar surface area (TPSA) is 78.4 Å². The lowest BCUT2D eigenvalue weighted by atomic mass is 10.4. The van der Waals surface area contributed by atoms with E-state index in [1.165, 1.54) is 0 Å². The molecular formula is C7H14N2O3. The maximum atomic E-state index is 10.7. The summed E-state index contributed by atoms with van der Waals surface area (Å²) in [5.74, 6) is -0.00896. The van der Waals surface area contributed by atoms with Gasteiger partial charge in [0.15, 0.2) is 0 Å². The van der Waals surface area contributed by atoms with Crippen LogP contribution >= 0.6 is 0 Å². The lowest BCUT2D eigenvalue weighted by Crippen LogP contribution is -2.28. The molecule has 0 bridgehead atoms. The van der Waals surface area contributed by atoms with Crippen molar-refractivity contribution in [2.45, 2.75) is 19.8 Å². The van der Waals surface area contributed by atoms with Crippen LogP contribution in [0.4, 0.5) is 4.79 Å². The van der Waals surface area contributed by atoms with Gasteiger partial charge in [0.2, 0.25) is 5.91 Å². The fourth-order valence-corrected chi connectivity index (χ4v) is 0.637. The monoisotopic (exact) mass is 174 g/mol. The van der Waals surface area contributed by atoms with E-state index in [1.807, 2.05) is 0 Å². The third-order valence-corrected chi connectivity index (χ3v) is 1.27. The summed E-state index contributed by atoms with van der Waals surface area (Å²) in [5.41, 5.74) is 0. The summed E-state index contributed by atoms with van der Waals surface area (Å²) in [7, 11) is 0. The number of carboxylic acid groups (broad SMARTS) is 1. The predicted molar refractivity (Wildman–Crippen MR) is 43.9 cm³/mol. The summed E-state index contributed by atoms with van der Waals surface area (Å²) < 4.78 is 0. The first-order valence-corrected chi connectivity index (χ1v) is 3.90. The van der Waals surface area contributed by atoms with E-state index in [0.29, 0.717) is 25.9 Å². The summed E-state index contributed by atoms with van der Waals surface area (Å²) in [4.78, 5) is 20.6. The van der Waals surface area contributed by atoms with Crippen molar-refractivity contribution < 1.29 is 14.7 Å². The molecule has 2 amide bonds. The smallest absolute Gasteiger partial charge is 0.404 e. The van der Waals surface area contributed by atoms with E-state index < -0.39 is 6.09 Å². The first-order chi connectivity index (χ1) is 5.66. The largest absolute Gasteiger partial charge is 0.465 e. The summed E-state index contributed by atoms with van der Waals surface area (Å²) in [6.45, 7) is 2.66. The van der Waals surface area contributed by atoms with Crippen LogP contribution in [0.5, 0.6) is 0 Å². The van der Waals surface area contributed by atoms with Crippen molar-refractivity contribution in [2.75, 3.05) is 13.1 Å². The summed E-state index contributed by atoms with van der Waals surface area (Å²) in [6, 6.07) is 0. The molecule has 0 fully saturated rings. The third kappa shape index (κ3) is 6.85. The zero-order valence-electron chi connectivity index (χ0n) is 7.09. The first kappa shape index (κ1) is 10.7. The molecule has 0 aromatic carbocycles. The molecule has 0 spiro atoms. The molecule has 5 heteroatoms. The highest BCUT2D eigenvalue weighted by Crippen LogP contribution is 1.77. The number of nitrogens with one attached hydrogen (secondary N) is 2. The van der Waals surface area contributed by atoms with Gasteiger partial charge in [-0.1, -0.05) is 6.92 Å². The van der Waals surface area contributed by atoms with Crippen molar-refractivity contribution in [1.29, 1.82) is 0 Å². The SMILES string of the molecule is CCC(=O)NCCCNC(=O)O. The van der Waals surface area contributed by atoms with Gasteiger partial charge in [-0.15, -0.1) is 0 Å². The second-order valence-electron chi connectivity index (χ2n) is 2.29. The molecule has 5 nitrogen and oxygen atoms in total. The van der Waals surface area contributed by atoms with Crippen molar-refractivity contribution in [1.82, 2.24) is 10.6 Å². The number of carbonyl (C=O) groups excluding carboxylic acids is 1. The molecule has 0 aliphatic rings. The molecule has 0 heterocycles. The van der Waals surface area contributed by atoms with Gasteiger partial charge < -0.3 is 15.7 Å². The minimum atomic E-state index is -1.03. The van der Waals surface area contributed by atoms with Crippen molar-refractivity contribution in [3.8, 4) is 0 Å². The van der Waals surface area contributed by atoms with E-state index >= 15 is 0 Å². The van der Waals surface area contributed by atoms with Crippen molar-refractivity contribution in [3.05, 3.63) is 0 Å². The number of rotatable bonds is 5. The van der Waals surface area contributed by atoms with Gasteiger partial charge in [0.05, 0.1) is 0 Å². The van der Waals surface area contributed by atoms with E-state index in [4.69, 9.17) is 5.11 Å². The lowest BCUT2D eigenvalue weighted by Gasteiger charge is -2.02. The maximum absolute atomic E-state index is 10.7. The molecule has 0 rings (SSSR count). The highest BCUT2D eigenvalue weighted by molar-refractivity contribution is 5.75. The molecule has 70 valence electrons. The van der Waals surface area contributed by atoms with E-state index in [0.717, 1.165) is 0 Å². The molecule has 0 radical (unpaired) electrons. The molecule has 0 atom stereocenters. The second-order valence-corrected chi connectivity index (χ2v) is 2.29.